The Morgan fingerprint density at radius 2 is 1.86 bits per heavy atom. The summed E-state index contributed by atoms with van der Waals surface area (Å²) < 4.78 is 6.38. The third-order valence-electron chi connectivity index (χ3n) is 5.77. The Balaban J connectivity index is 1.63. The molecule has 2 fully saturated rings. The van der Waals surface area contributed by atoms with E-state index in [1.807, 2.05) is 0 Å². The highest BCUT2D eigenvalue weighted by Gasteiger charge is 2.54. The number of hydrogen-bond acceptors (Lipinski definition) is 2. The van der Waals surface area contributed by atoms with Crippen LogP contribution in [0.4, 0.5) is 0 Å². The highest BCUT2D eigenvalue weighted by atomic mass is 28.3. The van der Waals surface area contributed by atoms with E-state index >= 15 is 0 Å². The van der Waals surface area contributed by atoms with E-state index in [0.29, 0.717) is 16.6 Å². The second-order valence-electron chi connectivity index (χ2n) is 8.37. The normalized spacial score (nSPS) is 25.5. The van der Waals surface area contributed by atoms with Gasteiger partial charge in [-0.1, -0.05) is 51.1 Å². The average molecular weight is 318 g/mol. The molecule has 0 N–H and O–H groups in total. The van der Waals surface area contributed by atoms with E-state index in [2.05, 4.69) is 62.5 Å². The molecule has 1 unspecified atom stereocenters. The number of likely N-dealkylation sites (tertiary alicyclic amines) is 1. The summed E-state index contributed by atoms with van der Waals surface area (Å²) in [6.07, 6.45) is 5.47. The molecule has 1 saturated heterocycles. The van der Waals surface area contributed by atoms with Crippen LogP contribution in [-0.2, 0) is 11.0 Å². The zero-order valence-electron chi connectivity index (χ0n) is 14.6. The van der Waals surface area contributed by atoms with Crippen LogP contribution in [0.3, 0.4) is 0 Å². The molecule has 2 nitrogen and oxygen atoms in total. The smallest absolute Gasteiger partial charge is 0.179 e. The number of nitrogens with zero attached hydrogens (tertiary/aromatic N) is 1. The molecular weight excluding hydrogens is 286 g/mol. The summed E-state index contributed by atoms with van der Waals surface area (Å²) in [7, 11) is -1.11. The fraction of sp³-hybridized carbons (Fsp3) is 0.684. The van der Waals surface area contributed by atoms with Crippen LogP contribution in [0.5, 0.6) is 0 Å². The quantitative estimate of drug-likeness (QED) is 0.748. The van der Waals surface area contributed by atoms with Crippen LogP contribution in [0.15, 0.2) is 30.3 Å². The highest BCUT2D eigenvalue weighted by Crippen LogP contribution is 2.52. The van der Waals surface area contributed by atoms with E-state index in [-0.39, 0.29) is 0 Å². The average Bonchev–Trinajstić information content (AvgIpc) is 3.18. The Hall–Kier alpha value is -0.643. The van der Waals surface area contributed by atoms with Crippen molar-refractivity contribution in [2.45, 2.75) is 76.2 Å². The Morgan fingerprint density at radius 3 is 2.45 bits per heavy atom. The maximum Gasteiger partial charge on any atom is 0.179 e. The largest absolute Gasteiger partial charge is 0.418 e. The minimum atomic E-state index is -1.11. The van der Waals surface area contributed by atoms with Crippen molar-refractivity contribution in [2.75, 3.05) is 6.61 Å². The van der Waals surface area contributed by atoms with Crippen molar-refractivity contribution in [3.05, 3.63) is 35.9 Å². The second-order valence-corrected chi connectivity index (χ2v) is 11.7. The molecule has 3 rings (SSSR count). The van der Waals surface area contributed by atoms with Gasteiger partial charge in [0.1, 0.15) is 0 Å². The standard InChI is InChI=1S/C19H31NOSi/c1-18(2,3)22(4)21-15-17-10-11-19(12-13-19)20(17)14-16-8-6-5-7-9-16/h5-9,17,22H,10-15H2,1-4H3/t17-,22?/m0/s1. The number of hydrogen-bond donors (Lipinski definition) is 0. The van der Waals surface area contributed by atoms with Crippen LogP contribution in [0.1, 0.15) is 52.0 Å². The van der Waals surface area contributed by atoms with Gasteiger partial charge < -0.3 is 4.43 Å². The molecule has 1 saturated carbocycles. The van der Waals surface area contributed by atoms with Gasteiger partial charge in [-0.15, -0.1) is 0 Å². The predicted molar refractivity (Wildman–Crippen MR) is 95.7 cm³/mol. The SMILES string of the molecule is C[SiH](OC[C@@H]1CCC2(CC2)N1Cc1ccccc1)C(C)(C)C. The van der Waals surface area contributed by atoms with E-state index < -0.39 is 9.04 Å². The summed E-state index contributed by atoms with van der Waals surface area (Å²) in [4.78, 5) is 2.77. The lowest BCUT2D eigenvalue weighted by molar-refractivity contribution is 0.119. The summed E-state index contributed by atoms with van der Waals surface area (Å²) >= 11 is 0. The first kappa shape index (κ1) is 16.2. The lowest BCUT2D eigenvalue weighted by atomic mass is 10.1. The van der Waals surface area contributed by atoms with Gasteiger partial charge >= 0.3 is 0 Å². The van der Waals surface area contributed by atoms with Gasteiger partial charge in [-0.2, -0.15) is 0 Å². The zero-order valence-corrected chi connectivity index (χ0v) is 15.8. The minimum Gasteiger partial charge on any atom is -0.418 e. The van der Waals surface area contributed by atoms with E-state index in [9.17, 15) is 0 Å². The van der Waals surface area contributed by atoms with Crippen molar-refractivity contribution >= 4 is 9.04 Å². The molecule has 0 amide bonds. The molecule has 2 atom stereocenters. The van der Waals surface area contributed by atoms with Gasteiger partial charge in [-0.05, 0) is 42.8 Å². The highest BCUT2D eigenvalue weighted by molar-refractivity contribution is 6.53. The molecule has 0 aromatic heterocycles. The van der Waals surface area contributed by atoms with Crippen LogP contribution in [-0.4, -0.2) is 32.1 Å². The topological polar surface area (TPSA) is 12.5 Å². The molecular formula is C19H31NOSi. The molecule has 1 aliphatic carbocycles. The minimum absolute atomic E-state index is 0.361. The van der Waals surface area contributed by atoms with Crippen molar-refractivity contribution in [3.63, 3.8) is 0 Å². The lowest BCUT2D eigenvalue weighted by Crippen LogP contribution is -2.41. The first-order chi connectivity index (χ1) is 10.4. The molecule has 2 aliphatic rings. The van der Waals surface area contributed by atoms with E-state index in [1.165, 1.54) is 31.2 Å². The first-order valence-corrected chi connectivity index (χ1v) is 11.0. The Labute approximate surface area is 137 Å². The molecule has 1 aliphatic heterocycles. The molecule has 0 radical (unpaired) electrons. The van der Waals surface area contributed by atoms with Gasteiger partial charge in [-0.25, -0.2) is 0 Å². The number of benzene rings is 1. The maximum atomic E-state index is 6.38. The van der Waals surface area contributed by atoms with Crippen LogP contribution in [0.25, 0.3) is 0 Å². The fourth-order valence-corrected chi connectivity index (χ4v) is 4.57. The van der Waals surface area contributed by atoms with Crippen molar-refractivity contribution < 1.29 is 4.43 Å². The first-order valence-electron chi connectivity index (χ1n) is 8.83. The van der Waals surface area contributed by atoms with Crippen molar-refractivity contribution in [3.8, 4) is 0 Å². The monoisotopic (exact) mass is 317 g/mol. The van der Waals surface area contributed by atoms with E-state index in [1.54, 1.807) is 0 Å². The van der Waals surface area contributed by atoms with Gasteiger partial charge in [0.15, 0.2) is 9.04 Å². The van der Waals surface area contributed by atoms with Gasteiger partial charge in [0.05, 0.1) is 0 Å². The van der Waals surface area contributed by atoms with Crippen LogP contribution >= 0.6 is 0 Å². The van der Waals surface area contributed by atoms with Crippen LogP contribution in [0, 0.1) is 0 Å². The van der Waals surface area contributed by atoms with Crippen LogP contribution < -0.4 is 0 Å². The van der Waals surface area contributed by atoms with Gasteiger partial charge in [0.2, 0.25) is 0 Å². The molecule has 3 heteroatoms. The molecule has 1 aromatic carbocycles. The van der Waals surface area contributed by atoms with Gasteiger partial charge in [0.25, 0.3) is 0 Å². The summed E-state index contributed by atoms with van der Waals surface area (Å²) in [5.41, 5.74) is 1.97. The van der Waals surface area contributed by atoms with Crippen molar-refractivity contribution in [1.82, 2.24) is 4.90 Å². The fourth-order valence-electron chi connectivity index (χ4n) is 3.56. The third kappa shape index (κ3) is 3.47. The summed E-state index contributed by atoms with van der Waals surface area (Å²) in [5, 5.41) is 0.361. The molecule has 1 spiro atoms. The molecule has 122 valence electrons. The van der Waals surface area contributed by atoms with Gasteiger partial charge in [-0.3, -0.25) is 4.90 Å². The molecule has 22 heavy (non-hydrogen) atoms. The Bertz CT molecular complexity index is 492. The maximum absolute atomic E-state index is 6.38. The molecule has 1 heterocycles. The van der Waals surface area contributed by atoms with Crippen molar-refractivity contribution in [1.29, 1.82) is 0 Å². The zero-order chi connectivity index (χ0) is 15.8. The van der Waals surface area contributed by atoms with Crippen molar-refractivity contribution in [2.24, 2.45) is 0 Å². The molecule has 1 aromatic rings. The Kier molecular flexibility index (Phi) is 4.50. The second kappa shape index (κ2) is 6.10. The van der Waals surface area contributed by atoms with Crippen LogP contribution in [0.2, 0.25) is 11.6 Å². The Morgan fingerprint density at radius 1 is 1.18 bits per heavy atom. The third-order valence-corrected chi connectivity index (χ3v) is 8.91. The number of rotatable bonds is 5. The predicted octanol–water partition coefficient (Wildman–Crippen LogP) is 4.35. The lowest BCUT2D eigenvalue weighted by Gasteiger charge is -2.33. The van der Waals surface area contributed by atoms with E-state index in [4.69, 9.17) is 4.43 Å². The summed E-state index contributed by atoms with van der Waals surface area (Å²) in [6.45, 7) is 11.4. The molecule has 0 bridgehead atoms. The van der Waals surface area contributed by atoms with E-state index in [0.717, 1.165) is 13.2 Å². The summed E-state index contributed by atoms with van der Waals surface area (Å²) in [6, 6.07) is 11.6. The van der Waals surface area contributed by atoms with Gasteiger partial charge in [0, 0.05) is 24.7 Å². The summed E-state index contributed by atoms with van der Waals surface area (Å²) in [5.74, 6) is 0.